The number of fused-ring (bicyclic) bond motifs is 8. The largest absolute Gasteiger partial charge is 0.508 e. The summed E-state index contributed by atoms with van der Waals surface area (Å²) in [5.41, 5.74) is 5.70. The second-order valence-electron chi connectivity index (χ2n) is 19.2. The average Bonchev–Trinajstić information content (AvgIpc) is 3.22. The van der Waals surface area contributed by atoms with Crippen LogP contribution in [0, 0.1) is 47.3 Å². The molecule has 296 valence electrons. The topological polar surface area (TPSA) is 80.9 Å². The van der Waals surface area contributed by atoms with E-state index in [2.05, 4.69) is 48.5 Å². The molecule has 4 nitrogen and oxygen atoms in total. The van der Waals surface area contributed by atoms with Crippen LogP contribution in [0.2, 0.25) is 0 Å². The van der Waals surface area contributed by atoms with Crippen LogP contribution < -0.4 is 0 Å². The Bertz CT molecular complexity index is 1550. The Hall–Kier alpha value is -3.92. The number of aromatic hydroxyl groups is 4. The number of phenols is 4. The monoisotopic (exact) mass is 752 g/mol. The first kappa shape index (κ1) is 37.6. The highest BCUT2D eigenvalue weighted by molar-refractivity contribution is 5.34. The van der Waals surface area contributed by atoms with Crippen LogP contribution in [-0.4, -0.2) is 20.4 Å². The Morgan fingerprint density at radius 3 is 0.571 bits per heavy atom. The van der Waals surface area contributed by atoms with Crippen LogP contribution in [0.25, 0.3) is 0 Å². The number of hydrogen-bond donors (Lipinski definition) is 4. The van der Waals surface area contributed by atoms with E-state index in [0.717, 1.165) is 0 Å². The smallest absolute Gasteiger partial charge is 0.115 e. The summed E-state index contributed by atoms with van der Waals surface area (Å²) in [7, 11) is 0. The summed E-state index contributed by atoms with van der Waals surface area (Å²) in [4.78, 5) is 0. The maximum atomic E-state index is 10.5. The molecule has 4 aromatic carbocycles. The molecule has 56 heavy (non-hydrogen) atoms. The molecular formula is C52H64O4. The van der Waals surface area contributed by atoms with Gasteiger partial charge in [0, 0.05) is 0 Å². The molecular weight excluding hydrogens is 689 g/mol. The highest BCUT2D eigenvalue weighted by Gasteiger charge is 2.46. The van der Waals surface area contributed by atoms with Crippen LogP contribution in [-0.2, 0) is 0 Å². The van der Waals surface area contributed by atoms with Gasteiger partial charge in [0.05, 0.1) is 0 Å². The number of benzene rings is 4. The first-order valence-electron chi connectivity index (χ1n) is 22.5. The average molecular weight is 753 g/mol. The Morgan fingerprint density at radius 2 is 0.411 bits per heavy atom. The van der Waals surface area contributed by atoms with Crippen LogP contribution >= 0.6 is 0 Å². The molecule has 8 unspecified atom stereocenters. The first-order valence-corrected chi connectivity index (χ1v) is 22.5. The van der Waals surface area contributed by atoms with Crippen LogP contribution in [0.3, 0.4) is 0 Å². The normalized spacial score (nSPS) is 35.0. The lowest BCUT2D eigenvalue weighted by Crippen LogP contribution is -2.38. The van der Waals surface area contributed by atoms with Crippen LogP contribution in [0.1, 0.15) is 149 Å². The van der Waals surface area contributed by atoms with Crippen molar-refractivity contribution in [1.29, 1.82) is 0 Å². The van der Waals surface area contributed by atoms with Gasteiger partial charge in [0.15, 0.2) is 0 Å². The van der Waals surface area contributed by atoms with E-state index in [-0.39, 0.29) is 0 Å². The van der Waals surface area contributed by atoms with Gasteiger partial charge < -0.3 is 20.4 Å². The Kier molecular flexibility index (Phi) is 11.1. The predicted octanol–water partition coefficient (Wildman–Crippen LogP) is 13.2. The fourth-order valence-electron chi connectivity index (χ4n) is 14.2. The molecule has 0 aliphatic heterocycles. The van der Waals surface area contributed by atoms with E-state index in [4.69, 9.17) is 0 Å². The summed E-state index contributed by atoms with van der Waals surface area (Å²) in [5.74, 6) is 8.15. The fraction of sp³-hybridized carbons (Fsp3) is 0.538. The molecule has 0 saturated heterocycles. The molecule has 5 fully saturated rings. The van der Waals surface area contributed by atoms with Gasteiger partial charge in [-0.05, 0) is 219 Å². The molecule has 5 aliphatic rings. The summed E-state index contributed by atoms with van der Waals surface area (Å²) in [6.45, 7) is 0. The zero-order chi connectivity index (χ0) is 38.2. The third-order valence-electron chi connectivity index (χ3n) is 16.2. The van der Waals surface area contributed by atoms with Gasteiger partial charge in [0.1, 0.15) is 23.0 Å². The second kappa shape index (κ2) is 16.5. The van der Waals surface area contributed by atoms with E-state index in [1.807, 2.05) is 48.5 Å². The maximum absolute atomic E-state index is 10.5. The molecule has 0 radical (unpaired) electrons. The minimum absolute atomic E-state index is 0.356. The third-order valence-corrected chi connectivity index (χ3v) is 16.2. The van der Waals surface area contributed by atoms with Gasteiger partial charge in [-0.2, -0.15) is 0 Å². The SMILES string of the molecule is Oc1ccc(C2C3CCCC(C3)C(c3ccc(O)cc3)C3CCCC(C3)C(c3ccc(O)cc3)C3CCCC(C3)C(c3ccc(O)cc3)C3CCCC2C3)cc1. The lowest BCUT2D eigenvalue weighted by Gasteiger charge is -2.50. The molecule has 4 heteroatoms. The summed E-state index contributed by atoms with van der Waals surface area (Å²) < 4.78 is 0. The molecule has 5 saturated carbocycles. The van der Waals surface area contributed by atoms with Crippen molar-refractivity contribution in [1.82, 2.24) is 0 Å². The van der Waals surface area contributed by atoms with Gasteiger partial charge in [-0.15, -0.1) is 0 Å². The molecule has 8 atom stereocenters. The molecule has 4 N–H and O–H groups in total. The van der Waals surface area contributed by atoms with Crippen molar-refractivity contribution in [3.63, 3.8) is 0 Å². The minimum Gasteiger partial charge on any atom is -0.508 e. The van der Waals surface area contributed by atoms with Crippen molar-refractivity contribution < 1.29 is 20.4 Å². The molecule has 5 aliphatic carbocycles. The van der Waals surface area contributed by atoms with Crippen molar-refractivity contribution in [2.24, 2.45) is 47.3 Å². The molecule has 0 spiro atoms. The molecule has 0 heterocycles. The maximum Gasteiger partial charge on any atom is 0.115 e. The van der Waals surface area contributed by atoms with E-state index in [1.54, 1.807) is 0 Å². The summed E-state index contributed by atoms with van der Waals surface area (Å²) in [6.07, 6.45) is 20.2. The van der Waals surface area contributed by atoms with E-state index >= 15 is 0 Å². The lowest BCUT2D eigenvalue weighted by atomic mass is 9.55. The van der Waals surface area contributed by atoms with Gasteiger partial charge in [0.2, 0.25) is 0 Å². The highest BCUT2D eigenvalue weighted by Crippen LogP contribution is 2.58. The number of rotatable bonds is 4. The van der Waals surface area contributed by atoms with Gasteiger partial charge in [-0.1, -0.05) is 74.2 Å². The Balaban J connectivity index is 1.18. The van der Waals surface area contributed by atoms with E-state index < -0.39 is 0 Å². The van der Waals surface area contributed by atoms with E-state index in [9.17, 15) is 20.4 Å². The summed E-state index contributed by atoms with van der Waals surface area (Å²) in [5, 5.41) is 41.8. The van der Waals surface area contributed by atoms with E-state index in [0.29, 0.717) is 94.0 Å². The van der Waals surface area contributed by atoms with Crippen molar-refractivity contribution in [2.75, 3.05) is 0 Å². The van der Waals surface area contributed by atoms with Crippen molar-refractivity contribution in [3.8, 4) is 23.0 Å². The van der Waals surface area contributed by atoms with Gasteiger partial charge >= 0.3 is 0 Å². The zero-order valence-corrected chi connectivity index (χ0v) is 33.3. The highest BCUT2D eigenvalue weighted by atomic mass is 16.3. The summed E-state index contributed by atoms with van der Waals surface area (Å²) >= 11 is 0. The predicted molar refractivity (Wildman–Crippen MR) is 225 cm³/mol. The minimum atomic E-state index is 0.356. The lowest BCUT2D eigenvalue weighted by molar-refractivity contribution is 0.0725. The fourth-order valence-corrected chi connectivity index (χ4v) is 14.2. The molecule has 4 aromatic rings. The van der Waals surface area contributed by atoms with Crippen molar-refractivity contribution in [3.05, 3.63) is 119 Å². The third kappa shape index (κ3) is 7.84. The standard InChI is InChI=1S/C52H64O4/c53-45-21-13-33(14-22-45)49-37-5-1-6-38(29-37)50(34-15-23-46(54)24-16-34)40-8-3-10-42(31-40)52(36-19-27-48(56)28-20-36)44-12-4-11-43(32-44)51(35-17-25-47(55)26-18-35)41-9-2-7-39(49)30-41/h13-28,37-44,49-56H,1-12,29-32H2. The Labute approximate surface area is 335 Å². The number of phenolic OH excluding ortho intramolecular Hbond substituents is 4. The molecule has 0 amide bonds. The van der Waals surface area contributed by atoms with Crippen LogP contribution in [0.15, 0.2) is 97.1 Å². The molecule has 9 rings (SSSR count). The van der Waals surface area contributed by atoms with Gasteiger partial charge in [-0.3, -0.25) is 0 Å². The summed E-state index contributed by atoms with van der Waals surface area (Å²) in [6, 6.07) is 33.5. The second-order valence-corrected chi connectivity index (χ2v) is 19.2. The first-order chi connectivity index (χ1) is 27.4. The Morgan fingerprint density at radius 1 is 0.250 bits per heavy atom. The van der Waals surface area contributed by atoms with Crippen LogP contribution in [0.4, 0.5) is 0 Å². The zero-order valence-electron chi connectivity index (χ0n) is 33.3. The van der Waals surface area contributed by atoms with Crippen molar-refractivity contribution in [2.45, 2.75) is 126 Å². The van der Waals surface area contributed by atoms with Gasteiger partial charge in [-0.25, -0.2) is 0 Å². The van der Waals surface area contributed by atoms with Crippen LogP contribution in [0.5, 0.6) is 23.0 Å². The van der Waals surface area contributed by atoms with E-state index in [1.165, 1.54) is 125 Å². The van der Waals surface area contributed by atoms with Crippen molar-refractivity contribution >= 4 is 0 Å². The quantitative estimate of drug-likeness (QED) is 0.167. The number of hydrogen-bond acceptors (Lipinski definition) is 4. The molecule has 0 aromatic heterocycles. The molecule has 8 bridgehead atoms. The van der Waals surface area contributed by atoms with Gasteiger partial charge in [0.25, 0.3) is 0 Å².